The topological polar surface area (TPSA) is 110 Å². The van der Waals surface area contributed by atoms with E-state index in [-0.39, 0.29) is 5.41 Å². The highest BCUT2D eigenvalue weighted by Gasteiger charge is 2.30. The van der Waals surface area contributed by atoms with Gasteiger partial charge in [0.2, 0.25) is 0 Å². The number of nitrogens with two attached hydrogens (primary N) is 1. The molecule has 1 unspecified atom stereocenters. The van der Waals surface area contributed by atoms with Crippen LogP contribution in [0.5, 0.6) is 0 Å². The molecule has 0 radical (unpaired) electrons. The summed E-state index contributed by atoms with van der Waals surface area (Å²) >= 11 is 0. The van der Waals surface area contributed by atoms with E-state index in [0.717, 1.165) is 41.6 Å². The van der Waals surface area contributed by atoms with Crippen LogP contribution in [0, 0.1) is 11.3 Å². The van der Waals surface area contributed by atoms with Gasteiger partial charge in [-0.05, 0) is 75.8 Å². The first-order chi connectivity index (χ1) is 14.3. The molecule has 0 aliphatic heterocycles. The Hall–Kier alpha value is -2.57. The number of amides is 2. The highest BCUT2D eigenvalue weighted by molar-refractivity contribution is 5.99. The number of aromatic amines is 1. The summed E-state index contributed by atoms with van der Waals surface area (Å²) in [5.41, 5.74) is 10.7. The minimum absolute atomic E-state index is 0.257. The molecule has 2 heterocycles. The van der Waals surface area contributed by atoms with Gasteiger partial charge in [0, 0.05) is 17.8 Å². The summed E-state index contributed by atoms with van der Waals surface area (Å²) in [6, 6.07) is 2.14. The lowest BCUT2D eigenvalue weighted by molar-refractivity contribution is 0.0527. The third-order valence-corrected chi connectivity index (χ3v) is 5.98. The Morgan fingerprint density at radius 3 is 2.58 bits per heavy atom. The van der Waals surface area contributed by atoms with E-state index >= 15 is 0 Å². The van der Waals surface area contributed by atoms with Crippen molar-refractivity contribution >= 4 is 23.0 Å². The SMILES string of the molecule is CC(C)(C)OC(=O)NCCCc1c(C(N)=O)[nH]c2cc3c(nc12)CCC(C(C)(C)C)C3. The Kier molecular flexibility index (Phi) is 6.35. The summed E-state index contributed by atoms with van der Waals surface area (Å²) in [7, 11) is 0. The van der Waals surface area contributed by atoms with Gasteiger partial charge in [-0.15, -0.1) is 0 Å². The average molecular weight is 429 g/mol. The second-order valence-corrected chi connectivity index (χ2v) is 10.7. The fourth-order valence-electron chi connectivity index (χ4n) is 4.28. The van der Waals surface area contributed by atoms with E-state index in [1.54, 1.807) is 0 Å². The van der Waals surface area contributed by atoms with E-state index in [0.29, 0.717) is 31.0 Å². The first-order valence-electron chi connectivity index (χ1n) is 11.1. The maximum atomic E-state index is 12.1. The molecule has 0 saturated heterocycles. The van der Waals surface area contributed by atoms with E-state index < -0.39 is 17.6 Å². The van der Waals surface area contributed by atoms with Gasteiger partial charge in [0.05, 0.1) is 11.0 Å². The molecule has 1 aliphatic rings. The van der Waals surface area contributed by atoms with E-state index in [1.165, 1.54) is 5.56 Å². The second-order valence-electron chi connectivity index (χ2n) is 10.7. The first kappa shape index (κ1) is 23.1. The quantitative estimate of drug-likeness (QED) is 0.618. The van der Waals surface area contributed by atoms with Crippen LogP contribution < -0.4 is 11.1 Å². The number of rotatable bonds is 5. The van der Waals surface area contributed by atoms with Crippen molar-refractivity contribution in [1.82, 2.24) is 15.3 Å². The summed E-state index contributed by atoms with van der Waals surface area (Å²) in [5.74, 6) is 0.127. The molecule has 2 aromatic heterocycles. The van der Waals surface area contributed by atoms with Crippen LogP contribution in [0.2, 0.25) is 0 Å². The van der Waals surface area contributed by atoms with Gasteiger partial charge in [-0.25, -0.2) is 4.79 Å². The van der Waals surface area contributed by atoms with Crippen LogP contribution in [0.4, 0.5) is 4.79 Å². The number of aryl methyl sites for hydroxylation is 2. The largest absolute Gasteiger partial charge is 0.444 e. The number of carbonyl (C=O) groups is 2. The third kappa shape index (κ3) is 5.57. The lowest BCUT2D eigenvalue weighted by atomic mass is 9.71. The van der Waals surface area contributed by atoms with Gasteiger partial charge in [0.25, 0.3) is 5.91 Å². The van der Waals surface area contributed by atoms with E-state index in [9.17, 15) is 9.59 Å². The number of primary amides is 1. The van der Waals surface area contributed by atoms with Gasteiger partial charge in [-0.3, -0.25) is 9.78 Å². The Morgan fingerprint density at radius 1 is 1.26 bits per heavy atom. The molecule has 0 fully saturated rings. The Bertz CT molecular complexity index is 979. The highest BCUT2D eigenvalue weighted by Crippen LogP contribution is 2.38. The van der Waals surface area contributed by atoms with Crippen molar-refractivity contribution in [3.63, 3.8) is 0 Å². The Labute approximate surface area is 184 Å². The van der Waals surface area contributed by atoms with Crippen molar-refractivity contribution in [2.45, 2.75) is 79.2 Å². The van der Waals surface area contributed by atoms with Crippen LogP contribution in [-0.4, -0.2) is 34.1 Å². The van der Waals surface area contributed by atoms with Gasteiger partial charge in [0.1, 0.15) is 11.3 Å². The number of hydrogen-bond donors (Lipinski definition) is 3. The number of nitrogens with zero attached hydrogens (tertiary/aromatic N) is 1. The van der Waals surface area contributed by atoms with E-state index in [1.807, 2.05) is 20.8 Å². The van der Waals surface area contributed by atoms with Crippen molar-refractivity contribution < 1.29 is 14.3 Å². The number of pyridine rings is 1. The van der Waals surface area contributed by atoms with Crippen LogP contribution in [-0.2, 0) is 24.0 Å². The van der Waals surface area contributed by atoms with Crippen molar-refractivity contribution in [2.75, 3.05) is 6.54 Å². The molecule has 31 heavy (non-hydrogen) atoms. The summed E-state index contributed by atoms with van der Waals surface area (Å²) in [6.07, 6.45) is 3.87. The number of fused-ring (bicyclic) bond motifs is 2. The number of hydrogen-bond acceptors (Lipinski definition) is 4. The van der Waals surface area contributed by atoms with Gasteiger partial charge in [0.15, 0.2) is 0 Å². The zero-order chi connectivity index (χ0) is 23.0. The summed E-state index contributed by atoms with van der Waals surface area (Å²) in [4.78, 5) is 32.1. The number of ether oxygens (including phenoxy) is 1. The molecular weight excluding hydrogens is 392 g/mol. The lowest BCUT2D eigenvalue weighted by Gasteiger charge is -2.34. The number of H-pyrrole nitrogens is 1. The molecule has 1 aliphatic carbocycles. The molecule has 4 N–H and O–H groups in total. The molecule has 0 bridgehead atoms. The van der Waals surface area contributed by atoms with Gasteiger partial charge in [-0.1, -0.05) is 20.8 Å². The van der Waals surface area contributed by atoms with Crippen molar-refractivity contribution in [3.8, 4) is 0 Å². The van der Waals surface area contributed by atoms with Crippen molar-refractivity contribution in [1.29, 1.82) is 0 Å². The van der Waals surface area contributed by atoms with E-state index in [2.05, 4.69) is 37.1 Å². The molecule has 7 nitrogen and oxygen atoms in total. The van der Waals surface area contributed by atoms with Crippen LogP contribution in [0.1, 0.15) is 81.7 Å². The monoisotopic (exact) mass is 428 g/mol. The van der Waals surface area contributed by atoms with Gasteiger partial charge in [-0.2, -0.15) is 0 Å². The first-order valence-corrected chi connectivity index (χ1v) is 11.1. The molecule has 170 valence electrons. The summed E-state index contributed by atoms with van der Waals surface area (Å²) < 4.78 is 5.26. The fraction of sp³-hybridized carbons (Fsp3) is 0.625. The lowest BCUT2D eigenvalue weighted by Crippen LogP contribution is -2.33. The standard InChI is InChI=1S/C24H36N4O3/c1-23(2,3)15-9-10-17-14(12-15)13-18-19(27-17)16(20(28-18)21(25)29)8-7-11-26-22(30)31-24(4,5)6/h13,15,28H,7-12H2,1-6H3,(H2,25,29)(H,26,30). The zero-order valence-corrected chi connectivity index (χ0v) is 19.6. The summed E-state index contributed by atoms with van der Waals surface area (Å²) in [6.45, 7) is 12.8. The Balaban J connectivity index is 1.77. The predicted molar refractivity (Wildman–Crippen MR) is 122 cm³/mol. The normalized spacial score (nSPS) is 16.8. The molecule has 0 saturated carbocycles. The molecule has 3 rings (SSSR count). The number of aromatic nitrogens is 2. The van der Waals surface area contributed by atoms with Gasteiger partial charge >= 0.3 is 6.09 Å². The minimum atomic E-state index is -0.533. The van der Waals surface area contributed by atoms with Crippen LogP contribution in [0.3, 0.4) is 0 Å². The van der Waals surface area contributed by atoms with E-state index in [4.69, 9.17) is 15.5 Å². The maximum Gasteiger partial charge on any atom is 0.407 e. The second kappa shape index (κ2) is 8.52. The number of carbonyl (C=O) groups excluding carboxylic acids is 2. The van der Waals surface area contributed by atoms with Crippen LogP contribution in [0.15, 0.2) is 6.07 Å². The molecule has 2 aromatic rings. The fourth-order valence-corrected chi connectivity index (χ4v) is 4.28. The minimum Gasteiger partial charge on any atom is -0.444 e. The smallest absolute Gasteiger partial charge is 0.407 e. The molecule has 0 spiro atoms. The molecular formula is C24H36N4O3. The zero-order valence-electron chi connectivity index (χ0n) is 19.6. The van der Waals surface area contributed by atoms with Crippen molar-refractivity contribution in [2.24, 2.45) is 17.1 Å². The maximum absolute atomic E-state index is 12.1. The van der Waals surface area contributed by atoms with Gasteiger partial charge < -0.3 is 20.8 Å². The van der Waals surface area contributed by atoms with Crippen LogP contribution in [0.25, 0.3) is 11.0 Å². The number of alkyl carbamates (subject to hydrolysis) is 1. The van der Waals surface area contributed by atoms with Crippen molar-refractivity contribution in [3.05, 3.63) is 28.6 Å². The molecule has 2 amide bonds. The molecule has 0 aromatic carbocycles. The Morgan fingerprint density at radius 2 is 1.97 bits per heavy atom. The molecule has 7 heteroatoms. The average Bonchev–Trinajstić information content (AvgIpc) is 2.98. The van der Waals surface area contributed by atoms with Crippen LogP contribution >= 0.6 is 0 Å². The predicted octanol–water partition coefficient (Wildman–Crippen LogP) is 4.27. The summed E-state index contributed by atoms with van der Waals surface area (Å²) in [5, 5.41) is 2.76. The number of nitrogens with one attached hydrogen (secondary N) is 2. The highest BCUT2D eigenvalue weighted by atomic mass is 16.6. The third-order valence-electron chi connectivity index (χ3n) is 5.98. The molecule has 1 atom stereocenters.